The third-order valence-electron chi connectivity index (χ3n) is 3.45. The van der Waals surface area contributed by atoms with E-state index in [9.17, 15) is 4.57 Å². The summed E-state index contributed by atoms with van der Waals surface area (Å²) in [5, 5.41) is 1.61. The van der Waals surface area contributed by atoms with Gasteiger partial charge in [0.05, 0.1) is 5.31 Å². The third kappa shape index (κ3) is 3.69. The first-order valence-corrected chi connectivity index (χ1v) is 9.37. The second-order valence-corrected chi connectivity index (χ2v) is 9.44. The zero-order valence-electron chi connectivity index (χ0n) is 13.5. The molecule has 0 heterocycles. The van der Waals surface area contributed by atoms with E-state index in [2.05, 4.69) is 33.1 Å². The van der Waals surface area contributed by atoms with E-state index in [4.69, 9.17) is 0 Å². The van der Waals surface area contributed by atoms with Crippen molar-refractivity contribution in [2.75, 3.05) is 6.16 Å². The van der Waals surface area contributed by atoms with Gasteiger partial charge in [-0.3, -0.25) is 0 Å². The van der Waals surface area contributed by atoms with Gasteiger partial charge in [0.2, 0.25) is 0 Å². The molecular formula is C20H23OP. The molecule has 0 fully saturated rings. The molecule has 0 aliphatic carbocycles. The molecule has 2 aromatic rings. The molecule has 0 spiro atoms. The van der Waals surface area contributed by atoms with Crippen LogP contribution in [0.1, 0.15) is 26.3 Å². The minimum absolute atomic E-state index is 0.0533. The maximum absolute atomic E-state index is 14.0. The van der Waals surface area contributed by atoms with Gasteiger partial charge in [-0.1, -0.05) is 88.0 Å². The van der Waals surface area contributed by atoms with Gasteiger partial charge in [0.15, 0.2) is 7.14 Å². The fraction of sp³-hybridized carbons (Fsp3) is 0.250. The molecule has 2 aromatic carbocycles. The average molecular weight is 310 g/mol. The van der Waals surface area contributed by atoms with Crippen LogP contribution in [0, 0.1) is 5.41 Å². The van der Waals surface area contributed by atoms with E-state index in [0.29, 0.717) is 6.16 Å². The predicted molar refractivity (Wildman–Crippen MR) is 97.0 cm³/mol. The van der Waals surface area contributed by atoms with Crippen LogP contribution in [0.15, 0.2) is 73.0 Å². The lowest BCUT2D eigenvalue weighted by Crippen LogP contribution is -2.18. The monoisotopic (exact) mass is 310 g/mol. The Balaban J connectivity index is 2.64. The summed E-state index contributed by atoms with van der Waals surface area (Å²) < 4.78 is 14.0. The van der Waals surface area contributed by atoms with Crippen LogP contribution in [-0.4, -0.2) is 6.16 Å². The van der Waals surface area contributed by atoms with Crippen LogP contribution in [0.25, 0.3) is 5.31 Å². The Morgan fingerprint density at radius 1 is 1.00 bits per heavy atom. The molecule has 0 radical (unpaired) electrons. The Morgan fingerprint density at radius 2 is 1.50 bits per heavy atom. The lowest BCUT2D eigenvalue weighted by molar-refractivity contribution is 0.466. The SMILES string of the molecule is C=C=C(c1ccccc1)[P@](=O)(CC(C)(C)C)c1ccccc1. The molecule has 1 atom stereocenters. The standard InChI is InChI=1S/C20H23OP/c1-5-19(17-12-8-6-9-13-17)22(21,16-20(2,3)4)18-14-10-7-11-15-18/h6-15H,1,16H2,2-4H3/t22-/m0/s1. The van der Waals surface area contributed by atoms with Crippen molar-refractivity contribution in [2.45, 2.75) is 20.8 Å². The van der Waals surface area contributed by atoms with Gasteiger partial charge in [-0.2, -0.15) is 0 Å². The third-order valence-corrected chi connectivity index (χ3v) is 7.11. The second kappa shape index (κ2) is 6.53. The van der Waals surface area contributed by atoms with Gasteiger partial charge in [0.1, 0.15) is 0 Å². The highest BCUT2D eigenvalue weighted by Gasteiger charge is 2.34. The van der Waals surface area contributed by atoms with Crippen molar-refractivity contribution in [1.29, 1.82) is 0 Å². The first-order valence-electron chi connectivity index (χ1n) is 7.47. The molecule has 1 nitrogen and oxygen atoms in total. The average Bonchev–Trinajstić information content (AvgIpc) is 2.48. The fourth-order valence-corrected chi connectivity index (χ4v) is 6.08. The Morgan fingerprint density at radius 3 is 1.95 bits per heavy atom. The Kier molecular flexibility index (Phi) is 4.91. The van der Waals surface area contributed by atoms with Crippen molar-refractivity contribution in [3.63, 3.8) is 0 Å². The van der Waals surface area contributed by atoms with Gasteiger partial charge in [0.25, 0.3) is 0 Å². The van der Waals surface area contributed by atoms with Crippen LogP contribution in [0.2, 0.25) is 0 Å². The molecule has 0 aliphatic heterocycles. The van der Waals surface area contributed by atoms with Crippen molar-refractivity contribution in [2.24, 2.45) is 5.41 Å². The van der Waals surface area contributed by atoms with Gasteiger partial charge >= 0.3 is 0 Å². The molecule has 0 unspecified atom stereocenters. The predicted octanol–water partition coefficient (Wildman–Crippen LogP) is 5.55. The Hall–Kier alpha value is -1.81. The molecule has 114 valence electrons. The highest BCUT2D eigenvalue weighted by molar-refractivity contribution is 7.81. The summed E-state index contributed by atoms with van der Waals surface area (Å²) in [7, 11) is -2.78. The van der Waals surface area contributed by atoms with Gasteiger partial charge in [-0.15, -0.1) is 5.73 Å². The summed E-state index contributed by atoms with van der Waals surface area (Å²) in [6.07, 6.45) is 0.594. The molecule has 22 heavy (non-hydrogen) atoms. The van der Waals surface area contributed by atoms with Crippen molar-refractivity contribution in [1.82, 2.24) is 0 Å². The minimum atomic E-state index is -2.78. The van der Waals surface area contributed by atoms with Crippen molar-refractivity contribution in [3.05, 3.63) is 78.5 Å². The van der Waals surface area contributed by atoms with E-state index in [1.807, 2.05) is 60.7 Å². The summed E-state index contributed by atoms with van der Waals surface area (Å²) >= 11 is 0. The van der Waals surface area contributed by atoms with Gasteiger partial charge in [-0.05, 0) is 11.0 Å². The van der Waals surface area contributed by atoms with E-state index in [-0.39, 0.29) is 5.41 Å². The molecule has 0 bridgehead atoms. The van der Waals surface area contributed by atoms with Crippen LogP contribution in [-0.2, 0) is 4.57 Å². The summed E-state index contributed by atoms with van der Waals surface area (Å²) in [6.45, 7) is 10.2. The largest absolute Gasteiger partial charge is 0.313 e. The molecule has 2 heteroatoms. The molecule has 0 saturated heterocycles. The Labute approximate surface area is 133 Å². The van der Waals surface area contributed by atoms with Crippen molar-refractivity contribution < 1.29 is 4.57 Å². The van der Waals surface area contributed by atoms with E-state index >= 15 is 0 Å². The van der Waals surface area contributed by atoms with Crippen molar-refractivity contribution >= 4 is 17.8 Å². The highest BCUT2D eigenvalue weighted by atomic mass is 31.2. The smallest absolute Gasteiger partial charge is 0.151 e. The lowest BCUT2D eigenvalue weighted by atomic mass is 10.0. The molecule has 0 saturated carbocycles. The van der Waals surface area contributed by atoms with Crippen LogP contribution >= 0.6 is 7.14 Å². The lowest BCUT2D eigenvalue weighted by Gasteiger charge is -2.28. The van der Waals surface area contributed by atoms with Crippen LogP contribution in [0.3, 0.4) is 0 Å². The Bertz CT molecular complexity index is 717. The van der Waals surface area contributed by atoms with E-state index in [1.54, 1.807) is 0 Å². The van der Waals surface area contributed by atoms with Gasteiger partial charge < -0.3 is 4.57 Å². The quantitative estimate of drug-likeness (QED) is 0.534. The molecule has 0 N–H and O–H groups in total. The maximum atomic E-state index is 14.0. The van der Waals surface area contributed by atoms with E-state index < -0.39 is 7.14 Å². The number of hydrogen-bond donors (Lipinski definition) is 0. The zero-order valence-corrected chi connectivity index (χ0v) is 14.4. The minimum Gasteiger partial charge on any atom is -0.313 e. The molecule has 2 rings (SSSR count). The second-order valence-electron chi connectivity index (χ2n) is 6.69. The number of rotatable bonds is 4. The molecule has 0 amide bonds. The van der Waals surface area contributed by atoms with Crippen molar-refractivity contribution in [3.8, 4) is 0 Å². The number of benzene rings is 2. The van der Waals surface area contributed by atoms with Gasteiger partial charge in [-0.25, -0.2) is 0 Å². The summed E-state index contributed by atoms with van der Waals surface area (Å²) in [4.78, 5) is 0. The van der Waals surface area contributed by atoms with E-state index in [1.165, 1.54) is 0 Å². The summed E-state index contributed by atoms with van der Waals surface area (Å²) in [5.41, 5.74) is 3.87. The van der Waals surface area contributed by atoms with Crippen LogP contribution < -0.4 is 5.30 Å². The first-order chi connectivity index (χ1) is 10.4. The highest BCUT2D eigenvalue weighted by Crippen LogP contribution is 2.59. The van der Waals surface area contributed by atoms with Crippen LogP contribution in [0.4, 0.5) is 0 Å². The molecular weight excluding hydrogens is 287 g/mol. The normalized spacial score (nSPS) is 14.0. The molecule has 0 aliphatic rings. The summed E-state index contributed by atoms with van der Waals surface area (Å²) in [5.74, 6) is 0. The van der Waals surface area contributed by atoms with E-state index in [0.717, 1.165) is 16.2 Å². The van der Waals surface area contributed by atoms with Gasteiger partial charge in [0, 0.05) is 11.5 Å². The maximum Gasteiger partial charge on any atom is 0.151 e. The zero-order chi connectivity index (χ0) is 16.2. The first kappa shape index (κ1) is 16.6. The molecule has 0 aromatic heterocycles. The number of hydrogen-bond acceptors (Lipinski definition) is 1. The topological polar surface area (TPSA) is 17.1 Å². The van der Waals surface area contributed by atoms with Crippen LogP contribution in [0.5, 0.6) is 0 Å². The fourth-order valence-electron chi connectivity index (χ4n) is 2.67. The summed E-state index contributed by atoms with van der Waals surface area (Å²) in [6, 6.07) is 19.6.